The van der Waals surface area contributed by atoms with Crippen LogP contribution in [0.4, 0.5) is 10.1 Å². The van der Waals surface area contributed by atoms with E-state index >= 15 is 0 Å². The molecule has 0 unspecified atom stereocenters. The molecule has 2 aromatic rings. The van der Waals surface area contributed by atoms with Gasteiger partial charge in [-0.05, 0) is 61.4 Å². The van der Waals surface area contributed by atoms with Crippen molar-refractivity contribution in [3.05, 3.63) is 65.5 Å². The number of hydrogen-bond acceptors (Lipinski definition) is 3. The summed E-state index contributed by atoms with van der Waals surface area (Å²) in [6, 6.07) is 15.7. The smallest absolute Gasteiger partial charge is 0.220 e. The van der Waals surface area contributed by atoms with E-state index in [1.807, 2.05) is 6.07 Å². The largest absolute Gasteiger partial charge is 0.371 e. The van der Waals surface area contributed by atoms with Crippen molar-refractivity contribution in [2.45, 2.75) is 56.5 Å². The zero-order chi connectivity index (χ0) is 21.3. The van der Waals surface area contributed by atoms with Gasteiger partial charge >= 0.3 is 0 Å². The third-order valence-corrected chi connectivity index (χ3v) is 7.36. The van der Waals surface area contributed by atoms with Crippen LogP contribution in [0.3, 0.4) is 0 Å². The molecule has 2 aromatic carbocycles. The summed E-state index contributed by atoms with van der Waals surface area (Å²) in [4.78, 5) is 17.4. The SMILES string of the molecule is O=C1CCC[C@]2(CN(Cc3ccccc3N3CCCCC3)C[C@H]2c2cccc(F)c2)N1. The lowest BCUT2D eigenvalue weighted by atomic mass is 9.76. The number of carbonyl (C=O) groups is 1. The highest BCUT2D eigenvalue weighted by Crippen LogP contribution is 2.42. The molecule has 3 aliphatic heterocycles. The van der Waals surface area contributed by atoms with Crippen LogP contribution in [0.25, 0.3) is 0 Å². The van der Waals surface area contributed by atoms with E-state index in [4.69, 9.17) is 0 Å². The number of benzene rings is 2. The molecule has 3 saturated heterocycles. The molecule has 0 saturated carbocycles. The van der Waals surface area contributed by atoms with E-state index in [1.54, 1.807) is 12.1 Å². The third-order valence-electron chi connectivity index (χ3n) is 7.36. The van der Waals surface area contributed by atoms with Crippen LogP contribution in [0.2, 0.25) is 0 Å². The summed E-state index contributed by atoms with van der Waals surface area (Å²) in [5.74, 6) is 0.0292. The van der Waals surface area contributed by atoms with Gasteiger partial charge in [-0.2, -0.15) is 0 Å². The second-order valence-electron chi connectivity index (χ2n) is 9.51. The molecular weight excluding hydrogens is 389 g/mol. The fraction of sp³-hybridized carbons (Fsp3) is 0.500. The number of carbonyl (C=O) groups excluding carboxylic acids is 1. The van der Waals surface area contributed by atoms with E-state index in [9.17, 15) is 9.18 Å². The number of rotatable bonds is 4. The first-order chi connectivity index (χ1) is 15.1. The van der Waals surface area contributed by atoms with Crippen LogP contribution in [0.1, 0.15) is 55.6 Å². The topological polar surface area (TPSA) is 35.6 Å². The normalized spacial score (nSPS) is 26.9. The zero-order valence-electron chi connectivity index (χ0n) is 18.2. The highest BCUT2D eigenvalue weighted by molar-refractivity contribution is 5.78. The Labute approximate surface area is 184 Å². The van der Waals surface area contributed by atoms with E-state index in [0.717, 1.165) is 51.1 Å². The fourth-order valence-electron chi connectivity index (χ4n) is 5.95. The summed E-state index contributed by atoms with van der Waals surface area (Å²) in [6.07, 6.45) is 6.28. The Morgan fingerprint density at radius 1 is 1.03 bits per heavy atom. The molecule has 31 heavy (non-hydrogen) atoms. The lowest BCUT2D eigenvalue weighted by Crippen LogP contribution is -2.56. The average Bonchev–Trinajstić information content (AvgIpc) is 3.11. The third kappa shape index (κ3) is 4.20. The molecule has 3 aliphatic rings. The molecule has 1 spiro atoms. The van der Waals surface area contributed by atoms with E-state index in [0.29, 0.717) is 6.42 Å². The second kappa shape index (κ2) is 8.62. The van der Waals surface area contributed by atoms with Gasteiger partial charge in [-0.25, -0.2) is 4.39 Å². The minimum Gasteiger partial charge on any atom is -0.371 e. The lowest BCUT2D eigenvalue weighted by Gasteiger charge is -2.39. The van der Waals surface area contributed by atoms with Crippen molar-refractivity contribution in [1.29, 1.82) is 0 Å². The number of likely N-dealkylation sites (tertiary alicyclic amines) is 1. The summed E-state index contributed by atoms with van der Waals surface area (Å²) in [5.41, 5.74) is 3.39. The number of halogens is 1. The Morgan fingerprint density at radius 2 is 1.87 bits per heavy atom. The Bertz CT molecular complexity index is 942. The highest BCUT2D eigenvalue weighted by atomic mass is 19.1. The van der Waals surface area contributed by atoms with Gasteiger partial charge in [0.15, 0.2) is 0 Å². The van der Waals surface area contributed by atoms with Crippen LogP contribution < -0.4 is 10.2 Å². The standard InChI is InChI=1S/C26H32FN3O/c27-22-10-6-9-20(16-22)23-18-29(19-26(23)13-7-12-25(31)28-26)17-21-8-2-3-11-24(21)30-14-4-1-5-15-30/h2-3,6,8-11,16,23H,1,4-5,7,12-15,17-19H2,(H,28,31)/t23-,26+/m0/s1. The molecule has 0 aromatic heterocycles. The molecule has 1 amide bonds. The Kier molecular flexibility index (Phi) is 5.70. The Morgan fingerprint density at radius 3 is 2.68 bits per heavy atom. The van der Waals surface area contributed by atoms with Gasteiger partial charge in [0.25, 0.3) is 0 Å². The van der Waals surface area contributed by atoms with E-state index in [1.165, 1.54) is 36.6 Å². The summed E-state index contributed by atoms with van der Waals surface area (Å²) in [5, 5.41) is 3.34. The first kappa shape index (κ1) is 20.5. The molecule has 1 N–H and O–H groups in total. The molecule has 3 fully saturated rings. The van der Waals surface area contributed by atoms with Gasteiger partial charge in [-0.3, -0.25) is 9.69 Å². The highest BCUT2D eigenvalue weighted by Gasteiger charge is 2.49. The van der Waals surface area contributed by atoms with Crippen LogP contribution in [-0.4, -0.2) is 42.5 Å². The van der Waals surface area contributed by atoms with Gasteiger partial charge in [0.05, 0.1) is 5.54 Å². The first-order valence-electron chi connectivity index (χ1n) is 11.7. The summed E-state index contributed by atoms with van der Waals surface area (Å²) in [7, 11) is 0. The van der Waals surface area contributed by atoms with Crippen LogP contribution in [0, 0.1) is 5.82 Å². The molecule has 3 heterocycles. The first-order valence-corrected chi connectivity index (χ1v) is 11.7. The Hall–Kier alpha value is -2.40. The van der Waals surface area contributed by atoms with Crippen molar-refractivity contribution < 1.29 is 9.18 Å². The fourth-order valence-corrected chi connectivity index (χ4v) is 5.95. The lowest BCUT2D eigenvalue weighted by molar-refractivity contribution is -0.125. The molecule has 5 rings (SSSR count). The maximum Gasteiger partial charge on any atom is 0.220 e. The van der Waals surface area contributed by atoms with Gasteiger partial charge < -0.3 is 10.2 Å². The molecule has 164 valence electrons. The van der Waals surface area contributed by atoms with Crippen LogP contribution in [0.15, 0.2) is 48.5 Å². The molecule has 0 bridgehead atoms. The van der Waals surface area contributed by atoms with Gasteiger partial charge in [-0.15, -0.1) is 0 Å². The average molecular weight is 422 g/mol. The summed E-state index contributed by atoms with van der Waals surface area (Å²) < 4.78 is 14.0. The molecule has 5 heteroatoms. The van der Waals surface area contributed by atoms with Gasteiger partial charge in [0.2, 0.25) is 5.91 Å². The van der Waals surface area contributed by atoms with Crippen molar-refractivity contribution in [3.8, 4) is 0 Å². The summed E-state index contributed by atoms with van der Waals surface area (Å²) in [6.45, 7) is 4.76. The number of piperidine rings is 2. The molecule has 0 radical (unpaired) electrons. The number of nitrogens with zero attached hydrogens (tertiary/aromatic N) is 2. The maximum atomic E-state index is 14.0. The van der Waals surface area contributed by atoms with Crippen molar-refractivity contribution in [1.82, 2.24) is 10.2 Å². The molecular formula is C26H32FN3O. The van der Waals surface area contributed by atoms with E-state index < -0.39 is 0 Å². The Balaban J connectivity index is 1.42. The quantitative estimate of drug-likeness (QED) is 0.792. The predicted molar refractivity (Wildman–Crippen MR) is 122 cm³/mol. The minimum absolute atomic E-state index is 0.106. The number of amides is 1. The van der Waals surface area contributed by atoms with Crippen molar-refractivity contribution in [2.24, 2.45) is 0 Å². The van der Waals surface area contributed by atoms with Crippen molar-refractivity contribution >= 4 is 11.6 Å². The van der Waals surface area contributed by atoms with Gasteiger partial charge in [0, 0.05) is 50.7 Å². The summed E-state index contributed by atoms with van der Waals surface area (Å²) >= 11 is 0. The van der Waals surface area contributed by atoms with E-state index in [2.05, 4.69) is 39.4 Å². The van der Waals surface area contributed by atoms with Crippen LogP contribution in [-0.2, 0) is 11.3 Å². The van der Waals surface area contributed by atoms with Gasteiger partial charge in [-0.1, -0.05) is 30.3 Å². The van der Waals surface area contributed by atoms with E-state index in [-0.39, 0.29) is 23.2 Å². The van der Waals surface area contributed by atoms with Crippen LogP contribution >= 0.6 is 0 Å². The van der Waals surface area contributed by atoms with Crippen LogP contribution in [0.5, 0.6) is 0 Å². The van der Waals surface area contributed by atoms with Gasteiger partial charge in [0.1, 0.15) is 5.82 Å². The van der Waals surface area contributed by atoms with Crippen molar-refractivity contribution in [2.75, 3.05) is 31.1 Å². The number of para-hydroxylation sites is 1. The molecule has 0 aliphatic carbocycles. The van der Waals surface area contributed by atoms with Crippen molar-refractivity contribution in [3.63, 3.8) is 0 Å². The predicted octanol–water partition coefficient (Wildman–Crippen LogP) is 4.45. The number of nitrogens with one attached hydrogen (secondary N) is 1. The second-order valence-corrected chi connectivity index (χ2v) is 9.51. The molecule has 4 nitrogen and oxygen atoms in total. The zero-order valence-corrected chi connectivity index (χ0v) is 18.2. The molecule has 2 atom stereocenters. The number of anilines is 1. The number of hydrogen-bond donors (Lipinski definition) is 1. The maximum absolute atomic E-state index is 14.0. The minimum atomic E-state index is -0.302. The monoisotopic (exact) mass is 421 g/mol.